The second kappa shape index (κ2) is 9.39. The van der Waals surface area contributed by atoms with Gasteiger partial charge in [0.25, 0.3) is 0 Å². The van der Waals surface area contributed by atoms with Crippen LogP contribution in [0, 0.1) is 0 Å². The van der Waals surface area contributed by atoms with E-state index in [0.29, 0.717) is 6.42 Å². The monoisotopic (exact) mass is 266 g/mol. The summed E-state index contributed by atoms with van der Waals surface area (Å²) in [6, 6.07) is 3.55. The van der Waals surface area contributed by atoms with E-state index in [9.17, 15) is 4.79 Å². The van der Waals surface area contributed by atoms with Crippen LogP contribution in [-0.2, 0) is 11.2 Å². The third kappa shape index (κ3) is 7.45. The zero-order chi connectivity index (χ0) is 10.4. The summed E-state index contributed by atoms with van der Waals surface area (Å²) in [5.41, 5.74) is 6.71. The number of carbonyl (C=O) groups is 1. The molecule has 3 N–H and O–H groups in total. The predicted octanol–water partition coefficient (Wildman–Crippen LogP) is 1.66. The molecule has 4 nitrogen and oxygen atoms in total. The maximum Gasteiger partial charge on any atom is 0.304 e. The van der Waals surface area contributed by atoms with E-state index in [-0.39, 0.29) is 37.3 Å². The van der Waals surface area contributed by atoms with Crippen molar-refractivity contribution in [2.45, 2.75) is 25.3 Å². The Bertz CT molecular complexity index is 296. The molecule has 1 heterocycles. The Labute approximate surface area is 107 Å². The molecule has 0 spiro atoms. The molecular formula is C10H16Cl2N2O2. The highest BCUT2D eigenvalue weighted by molar-refractivity contribution is 5.85. The first-order valence-electron chi connectivity index (χ1n) is 4.55. The lowest BCUT2D eigenvalue weighted by Crippen LogP contribution is -2.24. The Hall–Kier alpha value is -0.840. The molecule has 1 aromatic rings. The lowest BCUT2D eigenvalue weighted by molar-refractivity contribution is -0.137. The summed E-state index contributed by atoms with van der Waals surface area (Å²) in [6.07, 6.45) is 4.97. The van der Waals surface area contributed by atoms with Crippen molar-refractivity contribution in [2.24, 2.45) is 5.73 Å². The number of aryl methyl sites for hydroxylation is 1. The summed E-state index contributed by atoms with van der Waals surface area (Å²) in [5, 5.41) is 8.49. The Morgan fingerprint density at radius 3 is 2.69 bits per heavy atom. The molecule has 6 heteroatoms. The summed E-state index contributed by atoms with van der Waals surface area (Å²) in [6.45, 7) is 0. The Kier molecular flexibility index (Phi) is 10.3. The number of pyridine rings is 1. The van der Waals surface area contributed by atoms with E-state index >= 15 is 0 Å². The molecule has 0 aliphatic rings. The smallest absolute Gasteiger partial charge is 0.304 e. The van der Waals surface area contributed by atoms with Gasteiger partial charge in [-0.25, -0.2) is 0 Å². The number of aliphatic carboxylic acids is 1. The molecule has 0 saturated carbocycles. The van der Waals surface area contributed by atoms with E-state index in [2.05, 4.69) is 4.98 Å². The van der Waals surface area contributed by atoms with E-state index in [1.165, 1.54) is 0 Å². The highest BCUT2D eigenvalue weighted by atomic mass is 35.5. The topological polar surface area (TPSA) is 76.2 Å². The van der Waals surface area contributed by atoms with Crippen molar-refractivity contribution in [1.82, 2.24) is 4.98 Å². The van der Waals surface area contributed by atoms with Crippen LogP contribution in [0.25, 0.3) is 0 Å². The van der Waals surface area contributed by atoms with E-state index in [4.69, 9.17) is 10.8 Å². The van der Waals surface area contributed by atoms with Crippen LogP contribution in [-0.4, -0.2) is 22.1 Å². The van der Waals surface area contributed by atoms with Gasteiger partial charge in [-0.15, -0.1) is 24.8 Å². The van der Waals surface area contributed by atoms with Crippen LogP contribution in [0.4, 0.5) is 0 Å². The van der Waals surface area contributed by atoms with Gasteiger partial charge in [0.05, 0.1) is 6.42 Å². The zero-order valence-electron chi connectivity index (χ0n) is 8.70. The van der Waals surface area contributed by atoms with Crippen LogP contribution >= 0.6 is 24.8 Å². The molecular weight excluding hydrogens is 251 g/mol. The molecule has 0 saturated heterocycles. The van der Waals surface area contributed by atoms with Crippen molar-refractivity contribution in [1.29, 1.82) is 0 Å². The van der Waals surface area contributed by atoms with Gasteiger partial charge in [-0.2, -0.15) is 0 Å². The largest absolute Gasteiger partial charge is 0.481 e. The fourth-order valence-electron chi connectivity index (χ4n) is 1.22. The molecule has 0 aliphatic carbocycles. The van der Waals surface area contributed by atoms with Crippen LogP contribution in [0.1, 0.15) is 18.4 Å². The molecule has 1 aromatic heterocycles. The Morgan fingerprint density at radius 1 is 1.50 bits per heavy atom. The molecule has 1 atom stereocenters. The van der Waals surface area contributed by atoms with Crippen LogP contribution in [0.5, 0.6) is 0 Å². The molecule has 0 unspecified atom stereocenters. The fourth-order valence-corrected chi connectivity index (χ4v) is 1.22. The van der Waals surface area contributed by atoms with Gasteiger partial charge in [-0.3, -0.25) is 9.78 Å². The minimum Gasteiger partial charge on any atom is -0.481 e. The second-order valence-electron chi connectivity index (χ2n) is 3.26. The summed E-state index contributed by atoms with van der Waals surface area (Å²) in [4.78, 5) is 14.3. The van der Waals surface area contributed by atoms with E-state index in [1.807, 2.05) is 12.1 Å². The lowest BCUT2D eigenvalue weighted by Gasteiger charge is -2.07. The zero-order valence-corrected chi connectivity index (χ0v) is 10.3. The van der Waals surface area contributed by atoms with Gasteiger partial charge >= 0.3 is 5.97 Å². The van der Waals surface area contributed by atoms with Gasteiger partial charge < -0.3 is 10.8 Å². The van der Waals surface area contributed by atoms with E-state index in [0.717, 1.165) is 12.0 Å². The van der Waals surface area contributed by atoms with Gasteiger partial charge in [-0.05, 0) is 24.5 Å². The average Bonchev–Trinajstić information content (AvgIpc) is 2.15. The minimum absolute atomic E-state index is 0. The summed E-state index contributed by atoms with van der Waals surface area (Å²) >= 11 is 0. The molecule has 0 fully saturated rings. The molecule has 16 heavy (non-hydrogen) atoms. The molecule has 1 rings (SSSR count). The molecule has 92 valence electrons. The predicted molar refractivity (Wildman–Crippen MR) is 67.3 cm³/mol. The first-order chi connectivity index (χ1) is 6.68. The number of halogens is 2. The summed E-state index contributed by atoms with van der Waals surface area (Å²) < 4.78 is 0. The van der Waals surface area contributed by atoms with Gasteiger partial charge in [0.1, 0.15) is 0 Å². The highest BCUT2D eigenvalue weighted by Gasteiger charge is 2.07. The fraction of sp³-hybridized carbons (Fsp3) is 0.400. The maximum atomic E-state index is 10.3. The normalized spacial score (nSPS) is 10.8. The second-order valence-corrected chi connectivity index (χ2v) is 3.26. The lowest BCUT2D eigenvalue weighted by atomic mass is 10.1. The third-order valence-corrected chi connectivity index (χ3v) is 1.96. The SMILES string of the molecule is Cl.Cl.N[C@@H](CCc1cccnc1)CC(=O)O. The minimum atomic E-state index is -0.844. The molecule has 0 amide bonds. The van der Waals surface area contributed by atoms with Gasteiger partial charge in [0.2, 0.25) is 0 Å². The molecule has 0 bridgehead atoms. The average molecular weight is 267 g/mol. The van der Waals surface area contributed by atoms with Crippen molar-refractivity contribution >= 4 is 30.8 Å². The summed E-state index contributed by atoms with van der Waals surface area (Å²) in [7, 11) is 0. The number of carboxylic acids is 1. The van der Waals surface area contributed by atoms with E-state index < -0.39 is 5.97 Å². The number of carboxylic acid groups (broad SMARTS) is 1. The maximum absolute atomic E-state index is 10.3. The van der Waals surface area contributed by atoms with Gasteiger partial charge in [0, 0.05) is 18.4 Å². The van der Waals surface area contributed by atoms with Crippen molar-refractivity contribution in [2.75, 3.05) is 0 Å². The molecule has 0 aromatic carbocycles. The number of nitrogens with two attached hydrogens (primary N) is 1. The quantitative estimate of drug-likeness (QED) is 0.850. The van der Waals surface area contributed by atoms with Crippen LogP contribution < -0.4 is 5.73 Å². The Balaban J connectivity index is 0. The first kappa shape index (κ1) is 17.6. The first-order valence-corrected chi connectivity index (χ1v) is 4.55. The third-order valence-electron chi connectivity index (χ3n) is 1.96. The summed E-state index contributed by atoms with van der Waals surface area (Å²) in [5.74, 6) is -0.844. The van der Waals surface area contributed by atoms with Gasteiger partial charge in [0.15, 0.2) is 0 Å². The molecule has 0 aliphatic heterocycles. The standard InChI is InChI=1S/C10H14N2O2.2ClH/c11-9(6-10(13)14)4-3-8-2-1-5-12-7-8;;/h1-2,5,7,9H,3-4,6,11H2,(H,13,14);2*1H/t9-;;/m0../s1. The number of hydrogen-bond acceptors (Lipinski definition) is 3. The Morgan fingerprint density at radius 2 is 2.19 bits per heavy atom. The van der Waals surface area contributed by atoms with Crippen LogP contribution in [0.15, 0.2) is 24.5 Å². The number of nitrogens with zero attached hydrogens (tertiary/aromatic N) is 1. The number of rotatable bonds is 5. The van der Waals surface area contributed by atoms with E-state index in [1.54, 1.807) is 12.4 Å². The van der Waals surface area contributed by atoms with Gasteiger partial charge in [-0.1, -0.05) is 6.07 Å². The number of hydrogen-bond donors (Lipinski definition) is 2. The molecule has 0 radical (unpaired) electrons. The van der Waals surface area contributed by atoms with Crippen LogP contribution in [0.2, 0.25) is 0 Å². The highest BCUT2D eigenvalue weighted by Crippen LogP contribution is 2.04. The van der Waals surface area contributed by atoms with Crippen molar-refractivity contribution in [3.05, 3.63) is 30.1 Å². The van der Waals surface area contributed by atoms with Crippen molar-refractivity contribution < 1.29 is 9.90 Å². The van der Waals surface area contributed by atoms with Crippen LogP contribution in [0.3, 0.4) is 0 Å². The van der Waals surface area contributed by atoms with Crippen molar-refractivity contribution in [3.8, 4) is 0 Å². The van der Waals surface area contributed by atoms with Crippen molar-refractivity contribution in [3.63, 3.8) is 0 Å². The number of aromatic nitrogens is 1.